The molecule has 0 saturated heterocycles. The van der Waals surface area contributed by atoms with E-state index in [9.17, 15) is 27.5 Å². The summed E-state index contributed by atoms with van der Waals surface area (Å²) in [6, 6.07) is 5.77. The van der Waals surface area contributed by atoms with E-state index in [2.05, 4.69) is 15.0 Å². The summed E-state index contributed by atoms with van der Waals surface area (Å²) >= 11 is 0.458. The Morgan fingerprint density at radius 1 is 1.22 bits per heavy atom. The molecule has 1 unspecified atom stereocenters. The lowest BCUT2D eigenvalue weighted by molar-refractivity contribution is -0.137. The van der Waals surface area contributed by atoms with Crippen LogP contribution in [0, 0.1) is 12.7 Å². The average Bonchev–Trinajstić information content (AvgIpc) is 3.21. The van der Waals surface area contributed by atoms with Gasteiger partial charge in [-0.05, 0) is 30.2 Å². The SMILES string of the molecule is Cc1nc(N2CC=C(c3ccc(F)cc3)C(O)C2)nc(=O)n1Cc1cnc(C(F)(F)F)s1. The standard InChI is InChI=1S/C20H17F4N5O2S/c1-11-26-18(27-19(31)29(11)9-14-8-25-17(32-14)20(22,23)24)28-7-6-15(16(30)10-28)12-2-4-13(21)5-3-12/h2-6,8,16,30H,7,9-10H2,1H3. The lowest BCUT2D eigenvalue weighted by Crippen LogP contribution is -2.40. The maximum atomic E-state index is 13.1. The zero-order chi connectivity index (χ0) is 23.0. The van der Waals surface area contributed by atoms with Crippen molar-refractivity contribution in [3.05, 3.63) is 74.1 Å². The van der Waals surface area contributed by atoms with Crippen molar-refractivity contribution in [2.45, 2.75) is 25.7 Å². The molecule has 0 bridgehead atoms. The van der Waals surface area contributed by atoms with Gasteiger partial charge in [-0.25, -0.2) is 14.2 Å². The molecule has 7 nitrogen and oxygen atoms in total. The van der Waals surface area contributed by atoms with Crippen LogP contribution in [0.5, 0.6) is 0 Å². The van der Waals surface area contributed by atoms with Crippen molar-refractivity contribution in [2.24, 2.45) is 0 Å². The number of thiazole rings is 1. The largest absolute Gasteiger partial charge is 0.443 e. The highest BCUT2D eigenvalue weighted by Crippen LogP contribution is 2.32. The van der Waals surface area contributed by atoms with Gasteiger partial charge in [-0.3, -0.25) is 4.57 Å². The van der Waals surface area contributed by atoms with Gasteiger partial charge in [0.05, 0.1) is 19.2 Å². The van der Waals surface area contributed by atoms with Gasteiger partial charge in [0.15, 0.2) is 5.01 Å². The predicted octanol–water partition coefficient (Wildman–Crippen LogP) is 2.87. The summed E-state index contributed by atoms with van der Waals surface area (Å²) in [5.41, 5.74) is 0.656. The molecule has 2 aromatic heterocycles. The Morgan fingerprint density at radius 3 is 2.53 bits per heavy atom. The Morgan fingerprint density at radius 2 is 1.94 bits per heavy atom. The molecule has 0 saturated carbocycles. The molecule has 1 aliphatic rings. The van der Waals surface area contributed by atoms with E-state index < -0.39 is 23.0 Å². The van der Waals surface area contributed by atoms with Crippen LogP contribution in [-0.2, 0) is 12.7 Å². The molecule has 0 amide bonds. The van der Waals surface area contributed by atoms with Crippen molar-refractivity contribution in [2.75, 3.05) is 18.0 Å². The number of hydrogen-bond donors (Lipinski definition) is 1. The van der Waals surface area contributed by atoms with Gasteiger partial charge in [0.25, 0.3) is 0 Å². The maximum absolute atomic E-state index is 13.1. The summed E-state index contributed by atoms with van der Waals surface area (Å²) in [7, 11) is 0. The molecule has 0 radical (unpaired) electrons. The fraction of sp³-hybridized carbons (Fsp3) is 0.300. The minimum Gasteiger partial charge on any atom is -0.387 e. The van der Waals surface area contributed by atoms with E-state index in [1.54, 1.807) is 30.0 Å². The number of aliphatic hydroxyl groups is 1. The van der Waals surface area contributed by atoms with Crippen LogP contribution in [0.25, 0.3) is 5.57 Å². The highest BCUT2D eigenvalue weighted by atomic mass is 32.1. The Kier molecular flexibility index (Phi) is 5.82. The monoisotopic (exact) mass is 467 g/mol. The van der Waals surface area contributed by atoms with Gasteiger partial charge in [-0.15, -0.1) is 11.3 Å². The van der Waals surface area contributed by atoms with Crippen LogP contribution in [0.1, 0.15) is 21.3 Å². The third kappa shape index (κ3) is 4.55. The molecule has 0 spiro atoms. The van der Waals surface area contributed by atoms with Crippen molar-refractivity contribution in [3.8, 4) is 0 Å². The van der Waals surface area contributed by atoms with Crippen LogP contribution in [0.2, 0.25) is 0 Å². The summed E-state index contributed by atoms with van der Waals surface area (Å²) < 4.78 is 52.6. The van der Waals surface area contributed by atoms with E-state index in [-0.39, 0.29) is 35.6 Å². The summed E-state index contributed by atoms with van der Waals surface area (Å²) in [6.45, 7) is 1.86. The predicted molar refractivity (Wildman–Crippen MR) is 110 cm³/mol. The fourth-order valence-electron chi connectivity index (χ4n) is 3.35. The number of anilines is 1. The van der Waals surface area contributed by atoms with Gasteiger partial charge >= 0.3 is 11.9 Å². The van der Waals surface area contributed by atoms with Crippen molar-refractivity contribution >= 4 is 22.9 Å². The van der Waals surface area contributed by atoms with Crippen molar-refractivity contribution in [3.63, 3.8) is 0 Å². The normalized spacial score (nSPS) is 16.9. The van der Waals surface area contributed by atoms with E-state index in [0.29, 0.717) is 29.0 Å². The smallest absolute Gasteiger partial charge is 0.387 e. The minimum absolute atomic E-state index is 0.109. The summed E-state index contributed by atoms with van der Waals surface area (Å²) in [5.74, 6) is 0.000858. The van der Waals surface area contributed by atoms with Crippen LogP contribution >= 0.6 is 11.3 Å². The summed E-state index contributed by atoms with van der Waals surface area (Å²) in [6.07, 6.45) is -2.62. The minimum atomic E-state index is -4.54. The topological polar surface area (TPSA) is 84.1 Å². The molecule has 1 atom stereocenters. The molecule has 1 aliphatic heterocycles. The average molecular weight is 467 g/mol. The first-order valence-corrected chi connectivity index (χ1v) is 10.3. The number of nitrogens with zero attached hydrogens (tertiary/aromatic N) is 5. The lowest BCUT2D eigenvalue weighted by Gasteiger charge is -2.30. The van der Waals surface area contributed by atoms with E-state index in [0.717, 1.165) is 10.8 Å². The third-order valence-corrected chi connectivity index (χ3v) is 5.96. The highest BCUT2D eigenvalue weighted by Gasteiger charge is 2.34. The quantitative estimate of drug-likeness (QED) is 0.595. The molecule has 3 heterocycles. The number of aliphatic hydroxyl groups excluding tert-OH is 1. The van der Waals surface area contributed by atoms with Crippen molar-refractivity contribution < 1.29 is 22.7 Å². The van der Waals surface area contributed by atoms with Gasteiger partial charge in [-0.1, -0.05) is 18.2 Å². The molecule has 12 heteroatoms. The van der Waals surface area contributed by atoms with Gasteiger partial charge in [0, 0.05) is 17.6 Å². The number of benzene rings is 1. The molecule has 0 aliphatic carbocycles. The van der Waals surface area contributed by atoms with E-state index in [1.165, 1.54) is 12.1 Å². The number of rotatable bonds is 4. The number of alkyl halides is 3. The zero-order valence-electron chi connectivity index (χ0n) is 16.7. The Hall–Kier alpha value is -3.12. The van der Waals surface area contributed by atoms with Crippen LogP contribution in [0.4, 0.5) is 23.5 Å². The number of hydrogen-bond acceptors (Lipinski definition) is 7. The number of aromatic nitrogens is 4. The second-order valence-electron chi connectivity index (χ2n) is 7.16. The second-order valence-corrected chi connectivity index (χ2v) is 8.27. The highest BCUT2D eigenvalue weighted by molar-refractivity contribution is 7.11. The van der Waals surface area contributed by atoms with E-state index in [4.69, 9.17) is 0 Å². The van der Waals surface area contributed by atoms with E-state index in [1.807, 2.05) is 0 Å². The molecule has 168 valence electrons. The van der Waals surface area contributed by atoms with Gasteiger partial charge < -0.3 is 10.0 Å². The first-order chi connectivity index (χ1) is 15.1. The first-order valence-electron chi connectivity index (χ1n) is 9.48. The van der Waals surface area contributed by atoms with Crippen LogP contribution < -0.4 is 10.6 Å². The Bertz CT molecular complexity index is 1220. The number of aryl methyl sites for hydroxylation is 1. The fourth-order valence-corrected chi connectivity index (χ4v) is 4.12. The number of β-amino-alcohol motifs (C(OH)–C–C–N with tert-alkyl or cyclic N) is 1. The van der Waals surface area contributed by atoms with Gasteiger partial charge in [-0.2, -0.15) is 23.1 Å². The van der Waals surface area contributed by atoms with Crippen molar-refractivity contribution in [1.29, 1.82) is 0 Å². The zero-order valence-corrected chi connectivity index (χ0v) is 17.5. The van der Waals surface area contributed by atoms with E-state index >= 15 is 0 Å². The molecule has 0 fully saturated rings. The molecule has 4 rings (SSSR count). The van der Waals surface area contributed by atoms with Gasteiger partial charge in [0.1, 0.15) is 11.6 Å². The molecule has 32 heavy (non-hydrogen) atoms. The number of halogens is 4. The second kappa shape index (κ2) is 8.43. The molecule has 1 aromatic carbocycles. The lowest BCUT2D eigenvalue weighted by atomic mass is 9.97. The van der Waals surface area contributed by atoms with Crippen molar-refractivity contribution in [1.82, 2.24) is 19.5 Å². The molecule has 3 aromatic rings. The summed E-state index contributed by atoms with van der Waals surface area (Å²) in [5, 5.41) is 9.55. The Labute approximate surface area is 183 Å². The van der Waals surface area contributed by atoms with Gasteiger partial charge in [0.2, 0.25) is 5.95 Å². The third-order valence-electron chi connectivity index (χ3n) is 4.93. The molecule has 1 N–H and O–H groups in total. The van der Waals surface area contributed by atoms with Crippen LogP contribution in [0.3, 0.4) is 0 Å². The summed E-state index contributed by atoms with van der Waals surface area (Å²) in [4.78, 5) is 26.0. The molecular weight excluding hydrogens is 450 g/mol. The molecular formula is C20H17F4N5O2S. The Balaban J connectivity index is 1.54. The van der Waals surface area contributed by atoms with Crippen LogP contribution in [-0.4, -0.2) is 43.8 Å². The first kappa shape index (κ1) is 22.1. The maximum Gasteiger partial charge on any atom is 0.443 e. The van der Waals surface area contributed by atoms with Crippen LogP contribution in [0.15, 0.2) is 41.3 Å².